The number of carbonyl (C=O) groups excluding carboxylic acids is 1. The summed E-state index contributed by atoms with van der Waals surface area (Å²) in [5.41, 5.74) is 1.97. The summed E-state index contributed by atoms with van der Waals surface area (Å²) in [6.45, 7) is 0.838. The summed E-state index contributed by atoms with van der Waals surface area (Å²) in [7, 11) is 5.84. The molecule has 1 atom stereocenters. The van der Waals surface area contributed by atoms with Gasteiger partial charge in [-0.15, -0.1) is 0 Å². The Kier molecular flexibility index (Phi) is 6.49. The lowest BCUT2D eigenvalue weighted by Gasteiger charge is -2.21. The Morgan fingerprint density at radius 3 is 2.62 bits per heavy atom. The molecule has 0 saturated heterocycles. The highest BCUT2D eigenvalue weighted by Gasteiger charge is 2.15. The minimum atomic E-state index is -0.270. The van der Waals surface area contributed by atoms with Gasteiger partial charge in [-0.05, 0) is 56.7 Å². The van der Waals surface area contributed by atoms with E-state index in [0.717, 1.165) is 24.1 Å². The van der Waals surface area contributed by atoms with Gasteiger partial charge in [0.15, 0.2) is 0 Å². The van der Waals surface area contributed by atoms with E-state index in [1.807, 2.05) is 27.3 Å². The number of halogens is 1. The van der Waals surface area contributed by atoms with E-state index in [1.54, 1.807) is 23.0 Å². The smallest absolute Gasteiger partial charge is 0.220 e. The van der Waals surface area contributed by atoms with Crippen LogP contribution in [0.25, 0.3) is 0 Å². The maximum absolute atomic E-state index is 13.1. The molecule has 0 aliphatic carbocycles. The van der Waals surface area contributed by atoms with Gasteiger partial charge in [0.25, 0.3) is 0 Å². The Bertz CT molecular complexity index is 651. The van der Waals surface area contributed by atoms with E-state index in [4.69, 9.17) is 0 Å². The van der Waals surface area contributed by atoms with Crippen LogP contribution in [0.15, 0.2) is 36.7 Å². The third kappa shape index (κ3) is 5.77. The molecule has 5 nitrogen and oxygen atoms in total. The number of hydrogen-bond donors (Lipinski definition) is 1. The molecule has 24 heavy (non-hydrogen) atoms. The van der Waals surface area contributed by atoms with Crippen molar-refractivity contribution >= 4 is 5.91 Å². The zero-order valence-electron chi connectivity index (χ0n) is 14.5. The Balaban J connectivity index is 1.95. The molecule has 1 amide bonds. The van der Waals surface area contributed by atoms with Crippen molar-refractivity contribution in [2.75, 3.05) is 20.6 Å². The van der Waals surface area contributed by atoms with E-state index in [2.05, 4.69) is 15.3 Å². The van der Waals surface area contributed by atoms with Crippen LogP contribution >= 0.6 is 0 Å². The van der Waals surface area contributed by atoms with E-state index >= 15 is 0 Å². The molecule has 0 bridgehead atoms. The number of aromatic nitrogens is 2. The first kappa shape index (κ1) is 18.1. The zero-order valence-corrected chi connectivity index (χ0v) is 14.5. The lowest BCUT2D eigenvalue weighted by atomic mass is 10.0. The molecule has 1 aromatic heterocycles. The molecule has 0 radical (unpaired) electrons. The molecule has 2 rings (SSSR count). The first-order valence-corrected chi connectivity index (χ1v) is 8.11. The molecule has 1 aromatic carbocycles. The van der Waals surface area contributed by atoms with Crippen molar-refractivity contribution in [3.05, 3.63) is 53.6 Å². The number of aryl methyl sites for hydroxylation is 2. The summed E-state index contributed by atoms with van der Waals surface area (Å²) in [6, 6.07) is 6.21. The van der Waals surface area contributed by atoms with Crippen molar-refractivity contribution in [2.24, 2.45) is 7.05 Å². The summed E-state index contributed by atoms with van der Waals surface area (Å²) in [5, 5.41) is 7.17. The molecule has 0 aliphatic rings. The largest absolute Gasteiger partial charge is 0.349 e. The summed E-state index contributed by atoms with van der Waals surface area (Å²) in [6.07, 6.45) is 5.53. The van der Waals surface area contributed by atoms with Crippen LogP contribution in [0, 0.1) is 5.82 Å². The average Bonchev–Trinajstić information content (AvgIpc) is 2.96. The number of benzene rings is 1. The van der Waals surface area contributed by atoms with Crippen LogP contribution in [0.2, 0.25) is 0 Å². The number of nitrogens with one attached hydrogen (secondary N) is 1. The van der Waals surface area contributed by atoms with Crippen LogP contribution in [0.5, 0.6) is 0 Å². The van der Waals surface area contributed by atoms with Gasteiger partial charge in [-0.25, -0.2) is 4.39 Å². The quantitative estimate of drug-likeness (QED) is 0.807. The number of amides is 1. The van der Waals surface area contributed by atoms with Crippen LogP contribution in [0.4, 0.5) is 4.39 Å². The molecule has 1 unspecified atom stereocenters. The van der Waals surface area contributed by atoms with Gasteiger partial charge in [0.1, 0.15) is 5.82 Å². The van der Waals surface area contributed by atoms with E-state index in [1.165, 1.54) is 12.1 Å². The van der Waals surface area contributed by atoms with Gasteiger partial charge in [-0.1, -0.05) is 12.1 Å². The van der Waals surface area contributed by atoms with Gasteiger partial charge in [0, 0.05) is 19.7 Å². The summed E-state index contributed by atoms with van der Waals surface area (Å²) in [4.78, 5) is 14.4. The summed E-state index contributed by atoms with van der Waals surface area (Å²) >= 11 is 0. The number of nitrogens with zero attached hydrogens (tertiary/aromatic N) is 3. The predicted octanol–water partition coefficient (Wildman–Crippen LogP) is 2.30. The van der Waals surface area contributed by atoms with Gasteiger partial charge in [0.2, 0.25) is 5.91 Å². The fraction of sp³-hybridized carbons (Fsp3) is 0.444. The molecule has 0 saturated carbocycles. The minimum absolute atomic E-state index is 0.00747. The molecule has 6 heteroatoms. The highest BCUT2D eigenvalue weighted by molar-refractivity contribution is 5.76. The molecular weight excluding hydrogens is 307 g/mol. The van der Waals surface area contributed by atoms with Crippen molar-refractivity contribution in [3.63, 3.8) is 0 Å². The average molecular weight is 332 g/mol. The van der Waals surface area contributed by atoms with E-state index in [-0.39, 0.29) is 17.8 Å². The van der Waals surface area contributed by atoms with Crippen molar-refractivity contribution in [2.45, 2.75) is 25.3 Å². The third-order valence-electron chi connectivity index (χ3n) is 3.87. The predicted molar refractivity (Wildman–Crippen MR) is 92.0 cm³/mol. The van der Waals surface area contributed by atoms with Crippen LogP contribution in [0.3, 0.4) is 0 Å². The lowest BCUT2D eigenvalue weighted by molar-refractivity contribution is -0.121. The van der Waals surface area contributed by atoms with Crippen LogP contribution in [-0.2, 0) is 18.3 Å². The number of hydrogen-bond acceptors (Lipinski definition) is 3. The van der Waals surface area contributed by atoms with E-state index in [0.29, 0.717) is 12.8 Å². The van der Waals surface area contributed by atoms with Gasteiger partial charge in [0.05, 0.1) is 12.2 Å². The maximum atomic E-state index is 13.1. The molecule has 130 valence electrons. The van der Waals surface area contributed by atoms with Gasteiger partial charge in [-0.3, -0.25) is 9.48 Å². The van der Waals surface area contributed by atoms with Gasteiger partial charge < -0.3 is 10.2 Å². The molecule has 2 aromatic rings. The van der Waals surface area contributed by atoms with Crippen molar-refractivity contribution in [3.8, 4) is 0 Å². The highest BCUT2D eigenvalue weighted by atomic mass is 19.1. The SMILES string of the molecule is CN(C)CCC(NC(=O)CCc1cnn(C)c1)c1ccc(F)cc1. The van der Waals surface area contributed by atoms with Gasteiger partial charge in [-0.2, -0.15) is 5.10 Å². The first-order chi connectivity index (χ1) is 11.4. The maximum Gasteiger partial charge on any atom is 0.220 e. The Labute approximate surface area is 142 Å². The molecule has 0 fully saturated rings. The first-order valence-electron chi connectivity index (χ1n) is 8.11. The van der Waals surface area contributed by atoms with Crippen LogP contribution < -0.4 is 5.32 Å². The topological polar surface area (TPSA) is 50.2 Å². The Morgan fingerprint density at radius 2 is 2.04 bits per heavy atom. The summed E-state index contributed by atoms with van der Waals surface area (Å²) < 4.78 is 14.9. The van der Waals surface area contributed by atoms with Gasteiger partial charge >= 0.3 is 0 Å². The second kappa shape index (κ2) is 8.59. The molecular formula is C18H25FN4O. The molecule has 1 heterocycles. The Morgan fingerprint density at radius 1 is 1.33 bits per heavy atom. The molecule has 0 spiro atoms. The third-order valence-corrected chi connectivity index (χ3v) is 3.87. The standard InChI is InChI=1S/C18H25FN4O/c1-22(2)11-10-17(15-5-7-16(19)8-6-15)21-18(24)9-4-14-12-20-23(3)13-14/h5-8,12-13,17H,4,9-11H2,1-3H3,(H,21,24). The van der Waals surface area contributed by atoms with Crippen molar-refractivity contribution in [1.29, 1.82) is 0 Å². The number of carbonyl (C=O) groups is 1. The second-order valence-corrected chi connectivity index (χ2v) is 6.29. The zero-order chi connectivity index (χ0) is 17.5. The minimum Gasteiger partial charge on any atom is -0.349 e. The molecule has 0 aliphatic heterocycles. The lowest BCUT2D eigenvalue weighted by Crippen LogP contribution is -2.31. The van der Waals surface area contributed by atoms with Crippen molar-refractivity contribution in [1.82, 2.24) is 20.0 Å². The van der Waals surface area contributed by atoms with Crippen molar-refractivity contribution < 1.29 is 9.18 Å². The fourth-order valence-corrected chi connectivity index (χ4v) is 2.53. The second-order valence-electron chi connectivity index (χ2n) is 6.29. The number of rotatable bonds is 8. The monoisotopic (exact) mass is 332 g/mol. The van der Waals surface area contributed by atoms with E-state index in [9.17, 15) is 9.18 Å². The summed E-state index contributed by atoms with van der Waals surface area (Å²) in [5.74, 6) is -0.278. The fourth-order valence-electron chi connectivity index (χ4n) is 2.53. The highest BCUT2D eigenvalue weighted by Crippen LogP contribution is 2.18. The van der Waals surface area contributed by atoms with Crippen LogP contribution in [-0.4, -0.2) is 41.2 Å². The molecule has 1 N–H and O–H groups in total. The Hall–Kier alpha value is -2.21. The normalized spacial score (nSPS) is 12.4. The van der Waals surface area contributed by atoms with E-state index < -0.39 is 0 Å². The van der Waals surface area contributed by atoms with Crippen LogP contribution in [0.1, 0.15) is 30.0 Å².